The monoisotopic (exact) mass is 286 g/mol. The molecule has 0 saturated carbocycles. The van der Waals surface area contributed by atoms with Gasteiger partial charge >= 0.3 is 0 Å². The van der Waals surface area contributed by atoms with Crippen LogP contribution in [0.2, 0.25) is 0 Å². The Morgan fingerprint density at radius 3 is 2.50 bits per heavy atom. The SMILES string of the molecule is Fc1ccc(C(F)F)cc1CI. The molecule has 0 spiro atoms. The van der Waals surface area contributed by atoms with Gasteiger partial charge in [0.25, 0.3) is 6.43 Å². The van der Waals surface area contributed by atoms with Crippen molar-refractivity contribution in [3.63, 3.8) is 0 Å². The van der Waals surface area contributed by atoms with Gasteiger partial charge in [0.1, 0.15) is 5.82 Å². The van der Waals surface area contributed by atoms with Crippen LogP contribution in [-0.2, 0) is 4.43 Å². The molecule has 0 amide bonds. The molecule has 1 aromatic carbocycles. The molecule has 0 aliphatic carbocycles. The summed E-state index contributed by atoms with van der Waals surface area (Å²) >= 11 is 1.93. The number of hydrogen-bond acceptors (Lipinski definition) is 0. The molecule has 0 radical (unpaired) electrons. The number of hydrogen-bond donors (Lipinski definition) is 0. The van der Waals surface area contributed by atoms with Crippen LogP contribution in [0.15, 0.2) is 18.2 Å². The Labute approximate surface area is 81.9 Å². The van der Waals surface area contributed by atoms with Gasteiger partial charge in [-0.3, -0.25) is 0 Å². The summed E-state index contributed by atoms with van der Waals surface area (Å²) in [5.74, 6) is -0.422. The second kappa shape index (κ2) is 4.11. The molecule has 66 valence electrons. The van der Waals surface area contributed by atoms with Crippen molar-refractivity contribution in [3.8, 4) is 0 Å². The van der Waals surface area contributed by atoms with Gasteiger partial charge in [0.15, 0.2) is 0 Å². The lowest BCUT2D eigenvalue weighted by Crippen LogP contribution is -1.90. The Hall–Kier alpha value is -0.260. The van der Waals surface area contributed by atoms with E-state index < -0.39 is 12.2 Å². The van der Waals surface area contributed by atoms with Crippen LogP contribution >= 0.6 is 22.6 Å². The Morgan fingerprint density at radius 2 is 2.00 bits per heavy atom. The van der Waals surface area contributed by atoms with E-state index in [1.54, 1.807) is 0 Å². The van der Waals surface area contributed by atoms with Crippen molar-refractivity contribution in [1.29, 1.82) is 0 Å². The molecular formula is C8H6F3I. The van der Waals surface area contributed by atoms with Crippen molar-refractivity contribution in [1.82, 2.24) is 0 Å². The first-order chi connectivity index (χ1) is 5.65. The predicted molar refractivity (Wildman–Crippen MR) is 49.1 cm³/mol. The molecule has 1 rings (SSSR count). The van der Waals surface area contributed by atoms with E-state index in [9.17, 15) is 13.2 Å². The van der Waals surface area contributed by atoms with Crippen LogP contribution in [0, 0.1) is 5.82 Å². The molecule has 0 atom stereocenters. The van der Waals surface area contributed by atoms with Gasteiger partial charge in [-0.2, -0.15) is 0 Å². The molecule has 0 saturated heterocycles. The van der Waals surface area contributed by atoms with E-state index in [1.807, 2.05) is 22.6 Å². The van der Waals surface area contributed by atoms with Gasteiger partial charge in [-0.05, 0) is 17.7 Å². The molecule has 4 heteroatoms. The summed E-state index contributed by atoms with van der Waals surface area (Å²) in [6.07, 6.45) is -2.52. The van der Waals surface area contributed by atoms with E-state index >= 15 is 0 Å². The van der Waals surface area contributed by atoms with Gasteiger partial charge in [0.05, 0.1) is 0 Å². The van der Waals surface area contributed by atoms with Crippen LogP contribution in [0.3, 0.4) is 0 Å². The molecule has 0 aliphatic heterocycles. The van der Waals surface area contributed by atoms with Crippen LogP contribution in [-0.4, -0.2) is 0 Å². The Kier molecular flexibility index (Phi) is 3.37. The van der Waals surface area contributed by atoms with E-state index in [-0.39, 0.29) is 5.56 Å². The van der Waals surface area contributed by atoms with E-state index in [0.29, 0.717) is 9.99 Å². The van der Waals surface area contributed by atoms with Crippen molar-refractivity contribution in [3.05, 3.63) is 35.1 Å². The summed E-state index contributed by atoms with van der Waals surface area (Å²) in [6, 6.07) is 3.39. The first-order valence-electron chi connectivity index (χ1n) is 3.27. The zero-order valence-corrected chi connectivity index (χ0v) is 8.19. The molecule has 0 aliphatic rings. The highest BCUT2D eigenvalue weighted by Crippen LogP contribution is 2.22. The highest BCUT2D eigenvalue weighted by molar-refractivity contribution is 14.1. The molecule has 0 bridgehead atoms. The van der Waals surface area contributed by atoms with Gasteiger partial charge in [-0.25, -0.2) is 13.2 Å². The number of halogens is 4. The summed E-state index contributed by atoms with van der Waals surface area (Å²) < 4.78 is 37.4. The second-order valence-corrected chi connectivity index (χ2v) is 3.05. The van der Waals surface area contributed by atoms with Crippen molar-refractivity contribution in [2.75, 3.05) is 0 Å². The molecule has 0 nitrogen and oxygen atoms in total. The zero-order chi connectivity index (χ0) is 9.14. The lowest BCUT2D eigenvalue weighted by molar-refractivity contribution is 0.151. The van der Waals surface area contributed by atoms with Crippen LogP contribution in [0.1, 0.15) is 17.6 Å². The van der Waals surface area contributed by atoms with Crippen molar-refractivity contribution < 1.29 is 13.2 Å². The fraction of sp³-hybridized carbons (Fsp3) is 0.250. The largest absolute Gasteiger partial charge is 0.263 e. The van der Waals surface area contributed by atoms with Gasteiger partial charge in [-0.15, -0.1) is 0 Å². The topological polar surface area (TPSA) is 0 Å². The maximum absolute atomic E-state index is 12.8. The third kappa shape index (κ3) is 2.12. The molecule has 1 aromatic rings. The van der Waals surface area contributed by atoms with E-state index in [1.165, 1.54) is 6.07 Å². The van der Waals surface area contributed by atoms with Gasteiger partial charge in [-0.1, -0.05) is 28.7 Å². The Bertz CT molecular complexity index is 273. The molecule has 0 unspecified atom stereocenters. The molecule has 0 heterocycles. The number of rotatable bonds is 2. The van der Waals surface area contributed by atoms with E-state index in [0.717, 1.165) is 12.1 Å². The van der Waals surface area contributed by atoms with Crippen LogP contribution < -0.4 is 0 Å². The smallest absolute Gasteiger partial charge is 0.207 e. The van der Waals surface area contributed by atoms with E-state index in [4.69, 9.17) is 0 Å². The molecule has 0 fully saturated rings. The van der Waals surface area contributed by atoms with Crippen LogP contribution in [0.5, 0.6) is 0 Å². The normalized spacial score (nSPS) is 10.8. The zero-order valence-electron chi connectivity index (χ0n) is 6.03. The minimum atomic E-state index is -2.52. The highest BCUT2D eigenvalue weighted by atomic mass is 127. The maximum atomic E-state index is 12.8. The lowest BCUT2D eigenvalue weighted by Gasteiger charge is -2.02. The minimum absolute atomic E-state index is 0.122. The second-order valence-electron chi connectivity index (χ2n) is 2.29. The molecule has 0 N–H and O–H groups in total. The lowest BCUT2D eigenvalue weighted by atomic mass is 10.1. The highest BCUT2D eigenvalue weighted by Gasteiger charge is 2.09. The third-order valence-electron chi connectivity index (χ3n) is 1.47. The fourth-order valence-electron chi connectivity index (χ4n) is 0.833. The summed E-state index contributed by atoms with van der Waals surface area (Å²) in [5.41, 5.74) is 0.205. The fourth-order valence-corrected chi connectivity index (χ4v) is 1.42. The first kappa shape index (κ1) is 9.83. The van der Waals surface area contributed by atoms with Gasteiger partial charge < -0.3 is 0 Å². The maximum Gasteiger partial charge on any atom is 0.263 e. The van der Waals surface area contributed by atoms with Gasteiger partial charge in [0.2, 0.25) is 0 Å². The minimum Gasteiger partial charge on any atom is -0.207 e. The first-order valence-corrected chi connectivity index (χ1v) is 4.80. The summed E-state index contributed by atoms with van der Waals surface area (Å²) in [6.45, 7) is 0. The number of benzene rings is 1. The van der Waals surface area contributed by atoms with Crippen molar-refractivity contribution >= 4 is 22.6 Å². The summed E-state index contributed by atoms with van der Waals surface area (Å²) in [4.78, 5) is 0. The third-order valence-corrected chi connectivity index (χ3v) is 2.29. The van der Waals surface area contributed by atoms with Crippen molar-refractivity contribution in [2.45, 2.75) is 10.9 Å². The quantitative estimate of drug-likeness (QED) is 0.574. The standard InChI is InChI=1S/C8H6F3I/c9-7-2-1-5(8(10)11)3-6(7)4-12/h1-3,8H,4H2. The average molecular weight is 286 g/mol. The average Bonchev–Trinajstić information content (AvgIpc) is 2.05. The van der Waals surface area contributed by atoms with Crippen molar-refractivity contribution in [2.24, 2.45) is 0 Å². The predicted octanol–water partition coefficient (Wildman–Crippen LogP) is 3.70. The molecule has 0 aromatic heterocycles. The molecular weight excluding hydrogens is 280 g/mol. The molecule has 12 heavy (non-hydrogen) atoms. The van der Waals surface area contributed by atoms with E-state index in [2.05, 4.69) is 0 Å². The summed E-state index contributed by atoms with van der Waals surface area (Å²) in [5, 5.41) is 0. The van der Waals surface area contributed by atoms with Crippen LogP contribution in [0.4, 0.5) is 13.2 Å². The Morgan fingerprint density at radius 1 is 1.33 bits per heavy atom. The Balaban J connectivity index is 3.05. The van der Waals surface area contributed by atoms with Gasteiger partial charge in [0, 0.05) is 9.99 Å². The number of alkyl halides is 3. The van der Waals surface area contributed by atoms with Crippen LogP contribution in [0.25, 0.3) is 0 Å². The summed E-state index contributed by atoms with van der Waals surface area (Å²) in [7, 11) is 0.